The number of piperidine rings is 1. The minimum Gasteiger partial charge on any atom is -0.396 e. The van der Waals surface area contributed by atoms with Gasteiger partial charge in [0, 0.05) is 19.3 Å². The summed E-state index contributed by atoms with van der Waals surface area (Å²) in [7, 11) is 0. The highest BCUT2D eigenvalue weighted by atomic mass is 32.1. The van der Waals surface area contributed by atoms with E-state index in [9.17, 15) is 4.79 Å². The number of rotatable bonds is 1. The van der Waals surface area contributed by atoms with Gasteiger partial charge in [-0.25, -0.2) is 0 Å². The number of thiophene rings is 1. The number of nitrogens with zero attached hydrogens (tertiary/aromatic N) is 2. The van der Waals surface area contributed by atoms with Gasteiger partial charge in [-0.2, -0.15) is 0 Å². The molecule has 0 aromatic carbocycles. The largest absolute Gasteiger partial charge is 0.396 e. The van der Waals surface area contributed by atoms with Crippen molar-refractivity contribution >= 4 is 33.1 Å². The van der Waals surface area contributed by atoms with Gasteiger partial charge in [0.05, 0.1) is 10.4 Å². The van der Waals surface area contributed by atoms with Crippen molar-refractivity contribution in [2.24, 2.45) is 5.92 Å². The summed E-state index contributed by atoms with van der Waals surface area (Å²) in [5.41, 5.74) is 7.36. The van der Waals surface area contributed by atoms with Crippen molar-refractivity contribution in [2.75, 3.05) is 18.8 Å². The van der Waals surface area contributed by atoms with E-state index in [-0.39, 0.29) is 5.91 Å². The SMILES string of the molecule is CC1CCN(C(=O)c2sc3cccnc3c2N)CC1. The molecule has 0 spiro atoms. The average Bonchev–Trinajstić information content (AvgIpc) is 2.77. The molecule has 100 valence electrons. The van der Waals surface area contributed by atoms with Gasteiger partial charge in [-0.1, -0.05) is 6.92 Å². The van der Waals surface area contributed by atoms with E-state index in [2.05, 4.69) is 11.9 Å². The molecule has 2 aromatic heterocycles. The van der Waals surface area contributed by atoms with Crippen molar-refractivity contribution in [3.8, 4) is 0 Å². The Kier molecular flexibility index (Phi) is 3.14. The van der Waals surface area contributed by atoms with Crippen LogP contribution in [0.3, 0.4) is 0 Å². The van der Waals surface area contributed by atoms with Crippen LogP contribution in [0.15, 0.2) is 18.3 Å². The zero-order chi connectivity index (χ0) is 13.4. The fourth-order valence-electron chi connectivity index (χ4n) is 2.46. The smallest absolute Gasteiger partial charge is 0.266 e. The van der Waals surface area contributed by atoms with E-state index in [1.807, 2.05) is 17.0 Å². The summed E-state index contributed by atoms with van der Waals surface area (Å²) in [5.74, 6) is 0.776. The number of amides is 1. The van der Waals surface area contributed by atoms with Gasteiger partial charge < -0.3 is 10.6 Å². The van der Waals surface area contributed by atoms with Crippen molar-refractivity contribution in [2.45, 2.75) is 19.8 Å². The fraction of sp³-hybridized carbons (Fsp3) is 0.429. The highest BCUT2D eigenvalue weighted by Crippen LogP contribution is 2.33. The van der Waals surface area contributed by atoms with Gasteiger partial charge in [0.15, 0.2) is 0 Å². The summed E-state index contributed by atoms with van der Waals surface area (Å²) >= 11 is 1.45. The summed E-state index contributed by atoms with van der Waals surface area (Å²) < 4.78 is 0.980. The Morgan fingerprint density at radius 2 is 2.21 bits per heavy atom. The van der Waals surface area contributed by atoms with E-state index in [1.54, 1.807) is 6.20 Å². The zero-order valence-corrected chi connectivity index (χ0v) is 11.7. The Bertz CT molecular complexity index is 614. The minimum absolute atomic E-state index is 0.0624. The maximum atomic E-state index is 12.5. The summed E-state index contributed by atoms with van der Waals surface area (Å²) in [6, 6.07) is 3.83. The zero-order valence-electron chi connectivity index (χ0n) is 10.9. The van der Waals surface area contributed by atoms with Crippen LogP contribution in [0.4, 0.5) is 5.69 Å². The van der Waals surface area contributed by atoms with E-state index in [0.717, 1.165) is 36.1 Å². The molecule has 0 unspecified atom stereocenters. The third kappa shape index (κ3) is 2.18. The van der Waals surface area contributed by atoms with Crippen molar-refractivity contribution in [3.63, 3.8) is 0 Å². The number of hydrogen-bond donors (Lipinski definition) is 1. The molecule has 0 saturated carbocycles. The first-order chi connectivity index (χ1) is 9.16. The van der Waals surface area contributed by atoms with Gasteiger partial charge in [-0.3, -0.25) is 9.78 Å². The Balaban J connectivity index is 1.91. The van der Waals surface area contributed by atoms with E-state index in [0.29, 0.717) is 16.5 Å². The molecule has 0 radical (unpaired) electrons. The van der Waals surface area contributed by atoms with Crippen LogP contribution in [0.25, 0.3) is 10.2 Å². The number of fused-ring (bicyclic) bond motifs is 1. The molecule has 2 N–H and O–H groups in total. The highest BCUT2D eigenvalue weighted by Gasteiger charge is 2.25. The van der Waals surface area contributed by atoms with Gasteiger partial charge >= 0.3 is 0 Å². The van der Waals surface area contributed by atoms with Crippen LogP contribution in [0.5, 0.6) is 0 Å². The Morgan fingerprint density at radius 1 is 1.47 bits per heavy atom. The second-order valence-corrected chi connectivity index (χ2v) is 6.22. The molecule has 1 aliphatic heterocycles. The van der Waals surface area contributed by atoms with Gasteiger partial charge in [0.25, 0.3) is 5.91 Å². The first kappa shape index (κ1) is 12.4. The van der Waals surface area contributed by atoms with Crippen LogP contribution >= 0.6 is 11.3 Å². The molecule has 0 aliphatic carbocycles. The lowest BCUT2D eigenvalue weighted by molar-refractivity contribution is 0.0703. The molecule has 1 amide bonds. The predicted molar refractivity (Wildman–Crippen MR) is 78.3 cm³/mol. The lowest BCUT2D eigenvalue weighted by Crippen LogP contribution is -2.37. The van der Waals surface area contributed by atoms with Crippen LogP contribution < -0.4 is 5.73 Å². The lowest BCUT2D eigenvalue weighted by atomic mass is 9.99. The number of likely N-dealkylation sites (tertiary alicyclic amines) is 1. The van der Waals surface area contributed by atoms with Gasteiger partial charge in [-0.05, 0) is 30.9 Å². The Hall–Kier alpha value is -1.62. The summed E-state index contributed by atoms with van der Waals surface area (Å²) in [4.78, 5) is 19.3. The number of pyridine rings is 1. The monoisotopic (exact) mass is 275 g/mol. The number of carbonyl (C=O) groups is 1. The highest BCUT2D eigenvalue weighted by molar-refractivity contribution is 7.21. The van der Waals surface area contributed by atoms with Crippen LogP contribution in [0.1, 0.15) is 29.4 Å². The summed E-state index contributed by atoms with van der Waals surface area (Å²) in [5, 5.41) is 0. The molecule has 0 atom stereocenters. The molecule has 2 aromatic rings. The average molecular weight is 275 g/mol. The second-order valence-electron chi connectivity index (χ2n) is 5.17. The molecule has 1 saturated heterocycles. The van der Waals surface area contributed by atoms with E-state index < -0.39 is 0 Å². The fourth-order valence-corrected chi connectivity index (χ4v) is 3.51. The van der Waals surface area contributed by atoms with Gasteiger partial charge in [0.2, 0.25) is 0 Å². The van der Waals surface area contributed by atoms with Crippen molar-refractivity contribution in [3.05, 3.63) is 23.2 Å². The quantitative estimate of drug-likeness (QED) is 0.870. The molecule has 19 heavy (non-hydrogen) atoms. The maximum Gasteiger partial charge on any atom is 0.266 e. The number of aromatic nitrogens is 1. The molecule has 0 bridgehead atoms. The van der Waals surface area contributed by atoms with Crippen LogP contribution in [-0.4, -0.2) is 28.9 Å². The molecule has 4 nitrogen and oxygen atoms in total. The maximum absolute atomic E-state index is 12.5. The standard InChI is InChI=1S/C14H17N3OS/c1-9-4-7-17(8-5-9)14(18)13-11(15)12-10(19-13)3-2-6-16-12/h2-3,6,9H,4-5,7-8,15H2,1H3. The lowest BCUT2D eigenvalue weighted by Gasteiger charge is -2.30. The van der Waals surface area contributed by atoms with Crippen LogP contribution in [0, 0.1) is 5.92 Å². The first-order valence-corrected chi connectivity index (χ1v) is 7.40. The Morgan fingerprint density at radius 3 is 2.89 bits per heavy atom. The topological polar surface area (TPSA) is 59.2 Å². The first-order valence-electron chi connectivity index (χ1n) is 6.59. The van der Waals surface area contributed by atoms with E-state index in [4.69, 9.17) is 5.73 Å². The van der Waals surface area contributed by atoms with Gasteiger partial charge in [-0.15, -0.1) is 11.3 Å². The van der Waals surface area contributed by atoms with Crippen LogP contribution in [-0.2, 0) is 0 Å². The van der Waals surface area contributed by atoms with E-state index in [1.165, 1.54) is 11.3 Å². The third-order valence-electron chi connectivity index (χ3n) is 3.75. The number of anilines is 1. The molecule has 5 heteroatoms. The molecular weight excluding hydrogens is 258 g/mol. The number of carbonyl (C=O) groups excluding carboxylic acids is 1. The number of nitrogens with two attached hydrogens (primary N) is 1. The Labute approximate surface area is 116 Å². The van der Waals surface area contributed by atoms with Crippen molar-refractivity contribution < 1.29 is 4.79 Å². The molecular formula is C14H17N3OS. The number of hydrogen-bond acceptors (Lipinski definition) is 4. The van der Waals surface area contributed by atoms with Crippen LogP contribution in [0.2, 0.25) is 0 Å². The van der Waals surface area contributed by atoms with Crippen molar-refractivity contribution in [1.29, 1.82) is 0 Å². The van der Waals surface area contributed by atoms with Crippen molar-refractivity contribution in [1.82, 2.24) is 9.88 Å². The van der Waals surface area contributed by atoms with E-state index >= 15 is 0 Å². The third-order valence-corrected chi connectivity index (χ3v) is 4.90. The number of nitrogen functional groups attached to an aromatic ring is 1. The molecule has 1 aliphatic rings. The second kappa shape index (κ2) is 4.81. The molecule has 1 fully saturated rings. The molecule has 3 heterocycles. The summed E-state index contributed by atoms with van der Waals surface area (Å²) in [6.07, 6.45) is 3.87. The normalized spacial score (nSPS) is 17.0. The minimum atomic E-state index is 0.0624. The predicted octanol–water partition coefficient (Wildman–Crippen LogP) is 2.75. The summed E-state index contributed by atoms with van der Waals surface area (Å²) in [6.45, 7) is 3.90. The molecule has 3 rings (SSSR count). The van der Waals surface area contributed by atoms with Gasteiger partial charge in [0.1, 0.15) is 10.4 Å².